The average molecular weight is 375 g/mol. The number of aliphatic hydroxyl groups excluding tert-OH is 1. The Labute approximate surface area is 158 Å². The zero-order valence-electron chi connectivity index (χ0n) is 14.5. The predicted molar refractivity (Wildman–Crippen MR) is 102 cm³/mol. The van der Waals surface area contributed by atoms with Gasteiger partial charge < -0.3 is 15.7 Å². The summed E-state index contributed by atoms with van der Waals surface area (Å²) in [5.41, 5.74) is 1.98. The smallest absolute Gasteiger partial charge is 0.309 e. The van der Waals surface area contributed by atoms with Crippen molar-refractivity contribution in [3.8, 4) is 0 Å². The van der Waals surface area contributed by atoms with Gasteiger partial charge in [-0.3, -0.25) is 9.59 Å². The van der Waals surface area contributed by atoms with E-state index in [-0.39, 0.29) is 19.1 Å². The molecule has 6 heteroatoms. The topological polar surface area (TPSA) is 78.4 Å². The summed E-state index contributed by atoms with van der Waals surface area (Å²) >= 11 is 5.81. The van der Waals surface area contributed by atoms with E-state index in [1.165, 1.54) is 0 Å². The molecule has 0 aliphatic rings. The summed E-state index contributed by atoms with van der Waals surface area (Å²) < 4.78 is 0. The molecule has 0 saturated carbocycles. The van der Waals surface area contributed by atoms with E-state index < -0.39 is 11.8 Å². The molecule has 0 radical (unpaired) electrons. The van der Waals surface area contributed by atoms with E-state index in [9.17, 15) is 14.7 Å². The lowest BCUT2D eigenvalue weighted by Crippen LogP contribution is -2.40. The lowest BCUT2D eigenvalue weighted by molar-refractivity contribution is -0.139. The van der Waals surface area contributed by atoms with Crippen molar-refractivity contribution in [1.82, 2.24) is 10.6 Å². The van der Waals surface area contributed by atoms with Crippen molar-refractivity contribution < 1.29 is 14.7 Å². The number of carbonyl (C=O) groups excluding carboxylic acids is 2. The first-order valence-corrected chi connectivity index (χ1v) is 8.94. The minimum absolute atomic E-state index is 0.0785. The van der Waals surface area contributed by atoms with Gasteiger partial charge in [-0.2, -0.15) is 0 Å². The van der Waals surface area contributed by atoms with Crippen molar-refractivity contribution in [2.45, 2.75) is 25.3 Å². The van der Waals surface area contributed by atoms with Gasteiger partial charge in [0.1, 0.15) is 0 Å². The highest BCUT2D eigenvalue weighted by Crippen LogP contribution is 2.22. The molecule has 0 fully saturated rings. The molecule has 0 spiro atoms. The van der Waals surface area contributed by atoms with Crippen LogP contribution in [0.15, 0.2) is 54.6 Å². The molecule has 3 N–H and O–H groups in total. The van der Waals surface area contributed by atoms with Gasteiger partial charge in [-0.1, -0.05) is 54.1 Å². The summed E-state index contributed by atoms with van der Waals surface area (Å²) in [6, 6.07) is 16.9. The monoisotopic (exact) mass is 374 g/mol. The Morgan fingerprint density at radius 2 is 1.58 bits per heavy atom. The fraction of sp³-hybridized carbons (Fsp3) is 0.300. The molecule has 2 aromatic rings. The fourth-order valence-corrected chi connectivity index (χ4v) is 2.79. The zero-order valence-corrected chi connectivity index (χ0v) is 15.2. The van der Waals surface area contributed by atoms with Crippen molar-refractivity contribution in [3.63, 3.8) is 0 Å². The van der Waals surface area contributed by atoms with Gasteiger partial charge in [0.15, 0.2) is 0 Å². The SMILES string of the molecule is O=C(NCCC(CCO)c1ccccc1)C(=O)NCc1ccc(Cl)cc1. The first kappa shape index (κ1) is 19.9. The maximum atomic E-state index is 11.9. The summed E-state index contributed by atoms with van der Waals surface area (Å²) in [5, 5.41) is 15.1. The first-order chi connectivity index (χ1) is 12.6. The van der Waals surface area contributed by atoms with E-state index in [0.717, 1.165) is 11.1 Å². The minimum Gasteiger partial charge on any atom is -0.396 e. The standard InChI is InChI=1S/C20H23ClN2O3/c21-18-8-6-15(7-9-18)14-23-20(26)19(25)22-12-10-17(11-13-24)16-4-2-1-3-5-16/h1-9,17,24H,10-14H2,(H,22,25)(H,23,26). The minimum atomic E-state index is -0.668. The molecule has 0 saturated heterocycles. The van der Waals surface area contributed by atoms with E-state index >= 15 is 0 Å². The molecule has 138 valence electrons. The van der Waals surface area contributed by atoms with Gasteiger partial charge in [0.05, 0.1) is 0 Å². The van der Waals surface area contributed by atoms with E-state index in [1.54, 1.807) is 24.3 Å². The number of amides is 2. The van der Waals surface area contributed by atoms with Gasteiger partial charge in [-0.05, 0) is 42.0 Å². The molecule has 26 heavy (non-hydrogen) atoms. The lowest BCUT2D eigenvalue weighted by Gasteiger charge is -2.16. The highest BCUT2D eigenvalue weighted by molar-refractivity contribution is 6.35. The van der Waals surface area contributed by atoms with Crippen LogP contribution in [-0.2, 0) is 16.1 Å². The fourth-order valence-electron chi connectivity index (χ4n) is 2.66. The Balaban J connectivity index is 1.75. The van der Waals surface area contributed by atoms with Crippen molar-refractivity contribution in [3.05, 3.63) is 70.7 Å². The number of benzene rings is 2. The second-order valence-electron chi connectivity index (χ2n) is 5.97. The quantitative estimate of drug-likeness (QED) is 0.621. The molecule has 2 amide bonds. The molecule has 1 atom stereocenters. The Hall–Kier alpha value is -2.37. The maximum Gasteiger partial charge on any atom is 0.309 e. The molecular weight excluding hydrogens is 352 g/mol. The van der Waals surface area contributed by atoms with Crippen molar-refractivity contribution in [2.75, 3.05) is 13.2 Å². The van der Waals surface area contributed by atoms with E-state index in [0.29, 0.717) is 24.4 Å². The zero-order chi connectivity index (χ0) is 18.8. The van der Waals surface area contributed by atoms with Gasteiger partial charge in [-0.15, -0.1) is 0 Å². The van der Waals surface area contributed by atoms with Gasteiger partial charge >= 0.3 is 11.8 Å². The average Bonchev–Trinajstić information content (AvgIpc) is 2.67. The number of hydrogen-bond donors (Lipinski definition) is 3. The second-order valence-corrected chi connectivity index (χ2v) is 6.41. The van der Waals surface area contributed by atoms with Crippen LogP contribution in [0.2, 0.25) is 5.02 Å². The largest absolute Gasteiger partial charge is 0.396 e. The normalized spacial score (nSPS) is 11.6. The third-order valence-corrected chi connectivity index (χ3v) is 4.35. The van der Waals surface area contributed by atoms with Crippen LogP contribution in [0.3, 0.4) is 0 Å². The molecule has 0 aliphatic heterocycles. The number of hydrogen-bond acceptors (Lipinski definition) is 3. The second kappa shape index (κ2) is 10.6. The van der Waals surface area contributed by atoms with Crippen LogP contribution in [0.1, 0.15) is 29.9 Å². The molecule has 2 aromatic carbocycles. The van der Waals surface area contributed by atoms with Crippen LogP contribution in [0, 0.1) is 0 Å². The van der Waals surface area contributed by atoms with Crippen LogP contribution < -0.4 is 10.6 Å². The van der Waals surface area contributed by atoms with Crippen molar-refractivity contribution >= 4 is 23.4 Å². The Morgan fingerprint density at radius 3 is 2.23 bits per heavy atom. The number of nitrogens with one attached hydrogen (secondary N) is 2. The number of rotatable bonds is 8. The number of halogens is 1. The van der Waals surface area contributed by atoms with Crippen LogP contribution in [0.4, 0.5) is 0 Å². The summed E-state index contributed by atoms with van der Waals surface area (Å²) in [5.74, 6) is -1.19. The molecule has 0 bridgehead atoms. The van der Waals surface area contributed by atoms with E-state index in [2.05, 4.69) is 10.6 Å². The van der Waals surface area contributed by atoms with Crippen molar-refractivity contribution in [1.29, 1.82) is 0 Å². The molecule has 2 rings (SSSR count). The summed E-state index contributed by atoms with van der Waals surface area (Å²) in [6.45, 7) is 0.711. The Morgan fingerprint density at radius 1 is 0.923 bits per heavy atom. The molecular formula is C20H23ClN2O3. The molecule has 1 unspecified atom stereocenters. The summed E-state index contributed by atoms with van der Waals surface area (Å²) in [7, 11) is 0. The van der Waals surface area contributed by atoms with Crippen LogP contribution in [-0.4, -0.2) is 30.1 Å². The Bertz CT molecular complexity index is 705. The molecule has 0 aromatic heterocycles. The van der Waals surface area contributed by atoms with Crippen molar-refractivity contribution in [2.24, 2.45) is 0 Å². The van der Waals surface area contributed by atoms with Gasteiger partial charge in [0.25, 0.3) is 0 Å². The maximum absolute atomic E-state index is 11.9. The Kier molecular flexibility index (Phi) is 8.12. The number of carbonyl (C=O) groups is 2. The van der Waals surface area contributed by atoms with Gasteiger partial charge in [-0.25, -0.2) is 0 Å². The first-order valence-electron chi connectivity index (χ1n) is 8.56. The van der Waals surface area contributed by atoms with E-state index in [1.807, 2.05) is 30.3 Å². The predicted octanol–water partition coefficient (Wildman–Crippen LogP) is 2.63. The molecule has 0 aliphatic carbocycles. The molecule has 0 heterocycles. The lowest BCUT2D eigenvalue weighted by atomic mass is 9.93. The van der Waals surface area contributed by atoms with Gasteiger partial charge in [0, 0.05) is 24.7 Å². The van der Waals surface area contributed by atoms with Crippen LogP contribution in [0.5, 0.6) is 0 Å². The van der Waals surface area contributed by atoms with Crippen LogP contribution >= 0.6 is 11.6 Å². The number of aliphatic hydroxyl groups is 1. The highest BCUT2D eigenvalue weighted by atomic mass is 35.5. The summed E-state index contributed by atoms with van der Waals surface area (Å²) in [6.07, 6.45) is 1.27. The van der Waals surface area contributed by atoms with Gasteiger partial charge in [0.2, 0.25) is 0 Å². The highest BCUT2D eigenvalue weighted by Gasteiger charge is 2.15. The molecule has 5 nitrogen and oxygen atoms in total. The van der Waals surface area contributed by atoms with E-state index in [4.69, 9.17) is 11.6 Å². The summed E-state index contributed by atoms with van der Waals surface area (Å²) in [4.78, 5) is 23.8. The van der Waals surface area contributed by atoms with Crippen LogP contribution in [0.25, 0.3) is 0 Å². The third-order valence-electron chi connectivity index (χ3n) is 4.10. The third kappa shape index (κ3) is 6.50.